The Labute approximate surface area is 116 Å². The minimum Gasteiger partial charge on any atom is -0.478 e. The zero-order valence-corrected chi connectivity index (χ0v) is 11.4. The first-order valence-corrected chi connectivity index (χ1v) is 6.19. The van der Waals surface area contributed by atoms with Crippen molar-refractivity contribution in [2.75, 3.05) is 6.61 Å². The van der Waals surface area contributed by atoms with Crippen LogP contribution in [0.25, 0.3) is 0 Å². The molecule has 6 heteroatoms. The number of hydrogen-bond acceptors (Lipinski definition) is 4. The third kappa shape index (κ3) is 4.99. The molecular weight excluding hydrogens is 264 g/mol. The summed E-state index contributed by atoms with van der Waals surface area (Å²) in [5.74, 6) is -2.35. The lowest BCUT2D eigenvalue weighted by Gasteiger charge is -2.15. The highest BCUT2D eigenvalue weighted by Crippen LogP contribution is 2.14. The third-order valence-electron chi connectivity index (χ3n) is 2.63. The molecule has 3 N–H and O–H groups in total. The van der Waals surface area contributed by atoms with E-state index in [1.54, 1.807) is 13.8 Å². The van der Waals surface area contributed by atoms with Crippen LogP contribution < -0.4 is 0 Å². The number of carbonyl (C=O) groups is 2. The summed E-state index contributed by atoms with van der Waals surface area (Å²) in [5.41, 5.74) is 0.436. The van der Waals surface area contributed by atoms with Crippen molar-refractivity contribution >= 4 is 11.9 Å². The minimum absolute atomic E-state index is 0.0670. The van der Waals surface area contributed by atoms with Crippen LogP contribution in [0.5, 0.6) is 0 Å². The Morgan fingerprint density at radius 1 is 1.10 bits per heavy atom. The molecule has 1 rings (SSSR count). The number of hydrogen-bond donors (Lipinski definition) is 3. The summed E-state index contributed by atoms with van der Waals surface area (Å²) in [6, 6.07) is 3.98. The van der Waals surface area contributed by atoms with E-state index in [0.717, 1.165) is 6.07 Å². The number of carboxylic acids is 2. The molecule has 1 aromatic rings. The fraction of sp³-hybridized carbons (Fsp3) is 0.429. The Balaban J connectivity index is 2.88. The van der Waals surface area contributed by atoms with Crippen molar-refractivity contribution < 1.29 is 29.6 Å². The van der Waals surface area contributed by atoms with Gasteiger partial charge in [0, 0.05) is 0 Å². The van der Waals surface area contributed by atoms with E-state index >= 15 is 0 Å². The van der Waals surface area contributed by atoms with Crippen molar-refractivity contribution in [3.8, 4) is 0 Å². The number of aliphatic hydroxyl groups excluding tert-OH is 1. The highest BCUT2D eigenvalue weighted by Gasteiger charge is 2.13. The van der Waals surface area contributed by atoms with E-state index in [1.165, 1.54) is 12.1 Å². The normalized spacial score (nSPS) is 13.8. The second-order valence-electron chi connectivity index (χ2n) is 4.73. The molecule has 0 saturated carbocycles. The average molecular weight is 282 g/mol. The molecule has 0 aromatic heterocycles. The predicted octanol–water partition coefficient (Wildman–Crippen LogP) is 1.41. The van der Waals surface area contributed by atoms with E-state index in [2.05, 4.69) is 0 Å². The first-order chi connectivity index (χ1) is 9.29. The van der Waals surface area contributed by atoms with Crippen molar-refractivity contribution in [3.05, 3.63) is 34.9 Å². The van der Waals surface area contributed by atoms with Crippen molar-refractivity contribution in [2.45, 2.75) is 32.5 Å². The molecule has 2 atom stereocenters. The molecule has 0 aliphatic carbocycles. The van der Waals surface area contributed by atoms with Crippen LogP contribution in [0.3, 0.4) is 0 Å². The van der Waals surface area contributed by atoms with Crippen LogP contribution in [0.15, 0.2) is 18.2 Å². The van der Waals surface area contributed by atoms with Gasteiger partial charge in [-0.25, -0.2) is 9.59 Å². The van der Waals surface area contributed by atoms with E-state index in [0.29, 0.717) is 12.0 Å². The molecule has 0 fully saturated rings. The highest BCUT2D eigenvalue weighted by molar-refractivity contribution is 5.94. The smallest absolute Gasteiger partial charge is 0.335 e. The topological polar surface area (TPSA) is 104 Å². The summed E-state index contributed by atoms with van der Waals surface area (Å²) in [5, 5.41) is 27.1. The Morgan fingerprint density at radius 2 is 1.60 bits per heavy atom. The lowest BCUT2D eigenvalue weighted by molar-refractivity contribution is 0.00582. The molecule has 0 heterocycles. The monoisotopic (exact) mass is 282 g/mol. The van der Waals surface area contributed by atoms with Crippen molar-refractivity contribution in [1.29, 1.82) is 0 Å². The largest absolute Gasteiger partial charge is 0.478 e. The van der Waals surface area contributed by atoms with Gasteiger partial charge in [-0.2, -0.15) is 0 Å². The molecule has 6 nitrogen and oxygen atoms in total. The van der Waals surface area contributed by atoms with Gasteiger partial charge in [0.05, 0.1) is 29.9 Å². The van der Waals surface area contributed by atoms with Crippen LogP contribution in [0.4, 0.5) is 0 Å². The maximum Gasteiger partial charge on any atom is 0.335 e. The Hall–Kier alpha value is -1.92. The fourth-order valence-electron chi connectivity index (χ4n) is 1.75. The second kappa shape index (κ2) is 7.02. The lowest BCUT2D eigenvalue weighted by atomic mass is 10.0. The molecule has 110 valence electrons. The van der Waals surface area contributed by atoms with E-state index in [4.69, 9.17) is 20.1 Å². The number of rotatable bonds is 7. The molecule has 0 saturated heterocycles. The molecule has 2 unspecified atom stereocenters. The number of carboxylic acid groups (broad SMARTS) is 2. The van der Waals surface area contributed by atoms with Gasteiger partial charge < -0.3 is 20.1 Å². The summed E-state index contributed by atoms with van der Waals surface area (Å²) in [6.07, 6.45) is -0.471. The summed E-state index contributed by atoms with van der Waals surface area (Å²) in [6.45, 7) is 3.54. The van der Waals surface area contributed by atoms with Gasteiger partial charge >= 0.3 is 11.9 Å². The van der Waals surface area contributed by atoms with Crippen molar-refractivity contribution in [2.24, 2.45) is 0 Å². The lowest BCUT2D eigenvalue weighted by Crippen LogP contribution is -2.19. The number of ether oxygens (including phenoxy) is 1. The van der Waals surface area contributed by atoms with Crippen LogP contribution in [-0.2, 0) is 11.2 Å². The van der Waals surface area contributed by atoms with E-state index in [1.807, 2.05) is 0 Å². The maximum absolute atomic E-state index is 11.0. The van der Waals surface area contributed by atoms with E-state index in [9.17, 15) is 9.59 Å². The summed E-state index contributed by atoms with van der Waals surface area (Å²) < 4.78 is 5.36. The molecule has 0 bridgehead atoms. The number of benzene rings is 1. The van der Waals surface area contributed by atoms with E-state index in [-0.39, 0.29) is 23.8 Å². The standard InChI is InChI=1S/C14H18O6/c1-8(15)7-20-9(2)3-10-4-11(13(16)17)6-12(5-10)14(18)19/h4-6,8-9,15H,3,7H2,1-2H3,(H,16,17)(H,18,19). The van der Waals surface area contributed by atoms with Crippen LogP contribution in [-0.4, -0.2) is 46.1 Å². The van der Waals surface area contributed by atoms with E-state index < -0.39 is 18.0 Å². The number of aliphatic hydroxyl groups is 1. The molecule has 1 aromatic carbocycles. The van der Waals surface area contributed by atoms with Crippen molar-refractivity contribution in [3.63, 3.8) is 0 Å². The molecular formula is C14H18O6. The Morgan fingerprint density at radius 3 is 2.00 bits per heavy atom. The molecule has 0 radical (unpaired) electrons. The van der Waals surface area contributed by atoms with Gasteiger partial charge in [0.2, 0.25) is 0 Å². The fourth-order valence-corrected chi connectivity index (χ4v) is 1.75. The van der Waals surface area contributed by atoms with Crippen LogP contribution in [0.1, 0.15) is 40.1 Å². The van der Waals surface area contributed by atoms with Gasteiger partial charge in [0.15, 0.2) is 0 Å². The van der Waals surface area contributed by atoms with Gasteiger partial charge in [-0.15, -0.1) is 0 Å². The zero-order chi connectivity index (χ0) is 15.3. The highest BCUT2D eigenvalue weighted by atomic mass is 16.5. The predicted molar refractivity (Wildman–Crippen MR) is 71.2 cm³/mol. The zero-order valence-electron chi connectivity index (χ0n) is 11.4. The quantitative estimate of drug-likeness (QED) is 0.698. The molecule has 0 aliphatic heterocycles. The third-order valence-corrected chi connectivity index (χ3v) is 2.63. The van der Waals surface area contributed by atoms with Crippen LogP contribution in [0, 0.1) is 0 Å². The van der Waals surface area contributed by atoms with Gasteiger partial charge in [-0.3, -0.25) is 0 Å². The molecule has 0 aliphatic rings. The molecule has 0 amide bonds. The average Bonchev–Trinajstić information content (AvgIpc) is 2.35. The summed E-state index contributed by atoms with van der Waals surface area (Å²) in [4.78, 5) is 21.9. The van der Waals surface area contributed by atoms with Gasteiger partial charge in [0.25, 0.3) is 0 Å². The Bertz CT molecular complexity index is 462. The van der Waals surface area contributed by atoms with Crippen molar-refractivity contribution in [1.82, 2.24) is 0 Å². The van der Waals surface area contributed by atoms with Gasteiger partial charge in [0.1, 0.15) is 0 Å². The maximum atomic E-state index is 11.0. The first kappa shape index (κ1) is 16.1. The second-order valence-corrected chi connectivity index (χ2v) is 4.73. The van der Waals surface area contributed by atoms with Crippen LogP contribution >= 0.6 is 0 Å². The van der Waals surface area contributed by atoms with Crippen LogP contribution in [0.2, 0.25) is 0 Å². The molecule has 20 heavy (non-hydrogen) atoms. The first-order valence-electron chi connectivity index (χ1n) is 6.19. The van der Waals surface area contributed by atoms with Gasteiger partial charge in [-0.05, 0) is 44.0 Å². The Kier molecular flexibility index (Phi) is 5.66. The summed E-state index contributed by atoms with van der Waals surface area (Å²) in [7, 11) is 0. The minimum atomic E-state index is -1.17. The number of aromatic carboxylic acids is 2. The SMILES string of the molecule is CC(O)COC(C)Cc1cc(C(=O)O)cc(C(=O)O)c1. The molecule has 0 spiro atoms. The summed E-state index contributed by atoms with van der Waals surface area (Å²) >= 11 is 0. The van der Waals surface area contributed by atoms with Gasteiger partial charge in [-0.1, -0.05) is 0 Å².